The topological polar surface area (TPSA) is 6.48 Å². The molecule has 0 saturated heterocycles. The average Bonchev–Trinajstić information content (AvgIpc) is 3.13. The quantitative estimate of drug-likeness (QED) is 0.210. The molecule has 0 amide bonds. The average molecular weight is 379 g/mol. The SMILES string of the molecule is CCCCCCCCCCCCCCN1C=CN(CC(CC)CCCC)C1. The van der Waals surface area contributed by atoms with Gasteiger partial charge in [-0.15, -0.1) is 0 Å². The lowest BCUT2D eigenvalue weighted by atomic mass is 9.99. The van der Waals surface area contributed by atoms with Crippen molar-refractivity contribution in [1.82, 2.24) is 9.80 Å². The molecule has 1 aliphatic rings. The van der Waals surface area contributed by atoms with E-state index in [4.69, 9.17) is 0 Å². The van der Waals surface area contributed by atoms with E-state index in [0.29, 0.717) is 0 Å². The van der Waals surface area contributed by atoms with E-state index < -0.39 is 0 Å². The zero-order valence-electron chi connectivity index (χ0n) is 19.1. The Morgan fingerprint density at radius 2 is 1.15 bits per heavy atom. The fourth-order valence-corrected chi connectivity index (χ4v) is 4.18. The predicted molar refractivity (Wildman–Crippen MR) is 122 cm³/mol. The first-order chi connectivity index (χ1) is 13.3. The Bertz CT molecular complexity index is 339. The molecule has 160 valence electrons. The van der Waals surface area contributed by atoms with Crippen LogP contribution in [0.15, 0.2) is 12.4 Å². The van der Waals surface area contributed by atoms with Gasteiger partial charge in [0.05, 0.1) is 6.67 Å². The zero-order chi connectivity index (χ0) is 19.6. The first-order valence-corrected chi connectivity index (χ1v) is 12.5. The van der Waals surface area contributed by atoms with Gasteiger partial charge in [-0.05, 0) is 18.8 Å². The standard InChI is InChI=1S/C25H50N2/c1-4-7-9-10-11-12-13-14-15-16-17-18-20-26-21-22-27(24-26)23-25(6-3)19-8-5-2/h21-22,25H,4-20,23-24H2,1-3H3. The van der Waals surface area contributed by atoms with E-state index in [1.54, 1.807) is 0 Å². The molecule has 0 spiro atoms. The third-order valence-electron chi connectivity index (χ3n) is 6.19. The second-order valence-corrected chi connectivity index (χ2v) is 8.83. The Morgan fingerprint density at radius 1 is 0.630 bits per heavy atom. The molecule has 1 rings (SSSR count). The lowest BCUT2D eigenvalue weighted by molar-refractivity contribution is 0.225. The second kappa shape index (κ2) is 17.4. The smallest absolute Gasteiger partial charge is 0.0893 e. The molecule has 0 N–H and O–H groups in total. The van der Waals surface area contributed by atoms with Gasteiger partial charge in [-0.1, -0.05) is 111 Å². The summed E-state index contributed by atoms with van der Waals surface area (Å²) in [5, 5.41) is 0. The summed E-state index contributed by atoms with van der Waals surface area (Å²) >= 11 is 0. The van der Waals surface area contributed by atoms with Gasteiger partial charge in [0, 0.05) is 25.5 Å². The summed E-state index contributed by atoms with van der Waals surface area (Å²) in [6.07, 6.45) is 27.3. The molecule has 1 atom stereocenters. The molecule has 0 saturated carbocycles. The van der Waals surface area contributed by atoms with E-state index >= 15 is 0 Å². The highest BCUT2D eigenvalue weighted by molar-refractivity contribution is 4.91. The minimum absolute atomic E-state index is 0.876. The molecule has 2 heteroatoms. The van der Waals surface area contributed by atoms with Gasteiger partial charge in [0.2, 0.25) is 0 Å². The number of nitrogens with zero attached hydrogens (tertiary/aromatic N) is 2. The van der Waals surface area contributed by atoms with Gasteiger partial charge in [-0.2, -0.15) is 0 Å². The third-order valence-corrected chi connectivity index (χ3v) is 6.19. The Morgan fingerprint density at radius 3 is 1.70 bits per heavy atom. The van der Waals surface area contributed by atoms with Crippen LogP contribution in [0.5, 0.6) is 0 Å². The Kier molecular flexibility index (Phi) is 15.7. The van der Waals surface area contributed by atoms with Crippen LogP contribution in [-0.2, 0) is 0 Å². The van der Waals surface area contributed by atoms with Crippen molar-refractivity contribution in [2.45, 2.75) is 124 Å². The van der Waals surface area contributed by atoms with Gasteiger partial charge in [0.15, 0.2) is 0 Å². The summed E-state index contributed by atoms with van der Waals surface area (Å²) in [6.45, 7) is 10.6. The van der Waals surface area contributed by atoms with Gasteiger partial charge in [0.25, 0.3) is 0 Å². The maximum atomic E-state index is 2.53. The van der Waals surface area contributed by atoms with E-state index in [1.807, 2.05) is 0 Å². The van der Waals surface area contributed by atoms with E-state index in [9.17, 15) is 0 Å². The number of hydrogen-bond donors (Lipinski definition) is 0. The van der Waals surface area contributed by atoms with Crippen LogP contribution in [0.1, 0.15) is 124 Å². The van der Waals surface area contributed by atoms with Crippen molar-refractivity contribution in [2.24, 2.45) is 5.92 Å². The van der Waals surface area contributed by atoms with E-state index in [2.05, 4.69) is 43.0 Å². The Balaban J connectivity index is 1.90. The Hall–Kier alpha value is -0.660. The molecule has 0 aromatic rings. The molecule has 1 heterocycles. The molecule has 27 heavy (non-hydrogen) atoms. The highest BCUT2D eigenvalue weighted by atomic mass is 15.3. The first-order valence-electron chi connectivity index (χ1n) is 12.5. The highest BCUT2D eigenvalue weighted by Crippen LogP contribution is 2.18. The number of rotatable bonds is 19. The van der Waals surface area contributed by atoms with Crippen molar-refractivity contribution >= 4 is 0 Å². The Labute approximate surface area is 171 Å². The molecule has 0 aromatic heterocycles. The predicted octanol–water partition coefficient (Wildman–Crippen LogP) is 7.95. The van der Waals surface area contributed by atoms with Crippen molar-refractivity contribution in [1.29, 1.82) is 0 Å². The monoisotopic (exact) mass is 378 g/mol. The summed E-state index contributed by atoms with van der Waals surface area (Å²) in [5.74, 6) is 0.876. The zero-order valence-corrected chi connectivity index (χ0v) is 19.1. The van der Waals surface area contributed by atoms with Gasteiger partial charge < -0.3 is 9.80 Å². The lowest BCUT2D eigenvalue weighted by Crippen LogP contribution is -2.29. The van der Waals surface area contributed by atoms with Crippen LogP contribution in [-0.4, -0.2) is 29.6 Å². The van der Waals surface area contributed by atoms with Crippen LogP contribution in [0.3, 0.4) is 0 Å². The summed E-state index contributed by atoms with van der Waals surface area (Å²) in [7, 11) is 0. The van der Waals surface area contributed by atoms with Crippen LogP contribution in [0.2, 0.25) is 0 Å². The van der Waals surface area contributed by atoms with Crippen molar-refractivity contribution in [2.75, 3.05) is 19.8 Å². The fourth-order valence-electron chi connectivity index (χ4n) is 4.18. The molecular weight excluding hydrogens is 328 g/mol. The van der Waals surface area contributed by atoms with Crippen molar-refractivity contribution in [3.63, 3.8) is 0 Å². The maximum absolute atomic E-state index is 2.53. The third kappa shape index (κ3) is 13.2. The summed E-state index contributed by atoms with van der Waals surface area (Å²) < 4.78 is 0. The molecule has 2 nitrogen and oxygen atoms in total. The van der Waals surface area contributed by atoms with E-state index in [1.165, 1.54) is 116 Å². The van der Waals surface area contributed by atoms with Crippen LogP contribution >= 0.6 is 0 Å². The van der Waals surface area contributed by atoms with Crippen LogP contribution < -0.4 is 0 Å². The van der Waals surface area contributed by atoms with Gasteiger partial charge >= 0.3 is 0 Å². The van der Waals surface area contributed by atoms with Crippen molar-refractivity contribution < 1.29 is 0 Å². The molecule has 0 aromatic carbocycles. The lowest BCUT2D eigenvalue weighted by Gasteiger charge is -2.25. The molecule has 0 aliphatic carbocycles. The van der Waals surface area contributed by atoms with Crippen molar-refractivity contribution in [3.8, 4) is 0 Å². The van der Waals surface area contributed by atoms with Gasteiger partial charge in [-0.3, -0.25) is 0 Å². The minimum atomic E-state index is 0.876. The van der Waals surface area contributed by atoms with E-state index in [0.717, 1.165) is 12.6 Å². The molecule has 1 aliphatic heterocycles. The maximum Gasteiger partial charge on any atom is 0.0893 e. The summed E-state index contributed by atoms with van der Waals surface area (Å²) in [4.78, 5) is 5.05. The summed E-state index contributed by atoms with van der Waals surface area (Å²) in [5.41, 5.74) is 0. The first kappa shape index (κ1) is 24.4. The van der Waals surface area contributed by atoms with E-state index in [-0.39, 0.29) is 0 Å². The van der Waals surface area contributed by atoms with Crippen LogP contribution in [0.25, 0.3) is 0 Å². The minimum Gasteiger partial charge on any atom is -0.359 e. The molecular formula is C25H50N2. The summed E-state index contributed by atoms with van der Waals surface area (Å²) in [6, 6.07) is 0. The van der Waals surface area contributed by atoms with Gasteiger partial charge in [0.1, 0.15) is 0 Å². The number of unbranched alkanes of at least 4 members (excludes halogenated alkanes) is 12. The second-order valence-electron chi connectivity index (χ2n) is 8.83. The van der Waals surface area contributed by atoms with Crippen molar-refractivity contribution in [3.05, 3.63) is 12.4 Å². The van der Waals surface area contributed by atoms with Crippen LogP contribution in [0.4, 0.5) is 0 Å². The molecule has 1 unspecified atom stereocenters. The van der Waals surface area contributed by atoms with Gasteiger partial charge in [-0.25, -0.2) is 0 Å². The fraction of sp³-hybridized carbons (Fsp3) is 0.920. The highest BCUT2D eigenvalue weighted by Gasteiger charge is 2.15. The van der Waals surface area contributed by atoms with Crippen LogP contribution in [0, 0.1) is 5.92 Å². The molecule has 0 fully saturated rings. The molecule has 0 bridgehead atoms. The molecule has 0 radical (unpaired) electrons. The normalized spacial score (nSPS) is 15.1. The number of hydrogen-bond acceptors (Lipinski definition) is 2. The largest absolute Gasteiger partial charge is 0.359 e.